The summed E-state index contributed by atoms with van der Waals surface area (Å²) in [5.41, 5.74) is 6.59. The van der Waals surface area contributed by atoms with Gasteiger partial charge in [0.15, 0.2) is 9.84 Å². The number of rotatable bonds is 4. The average molecular weight is 308 g/mol. The molecule has 0 fully saturated rings. The number of nitrogen functional groups attached to an aromatic ring is 1. The molecule has 1 aromatic carbocycles. The van der Waals surface area contributed by atoms with Crippen LogP contribution in [0.25, 0.3) is 0 Å². The average Bonchev–Trinajstić information content (AvgIpc) is 2.28. The zero-order valence-corrected chi connectivity index (χ0v) is 11.2. The molecule has 2 atom stereocenters. The first kappa shape index (κ1) is 13.5. The maximum absolute atomic E-state index is 11.5. The lowest BCUT2D eigenvalue weighted by atomic mass is 10.1. The van der Waals surface area contributed by atoms with E-state index in [9.17, 15) is 13.5 Å². The van der Waals surface area contributed by atoms with Crippen molar-refractivity contribution in [3.05, 3.63) is 29.8 Å². The normalized spacial score (nSPS) is 15.7. The number of aliphatic hydroxyl groups excluding tert-OH is 1. The zero-order valence-electron chi connectivity index (χ0n) is 8.80. The zero-order chi connectivity index (χ0) is 12.3. The SMILES string of the molecule is CCS(=O)(=O)[C@@H](Br)[C@H](O)c1ccc(N)cc1. The highest BCUT2D eigenvalue weighted by Crippen LogP contribution is 2.27. The van der Waals surface area contributed by atoms with Gasteiger partial charge in [0.25, 0.3) is 0 Å². The van der Waals surface area contributed by atoms with Gasteiger partial charge in [-0.3, -0.25) is 0 Å². The Hall–Kier alpha value is -0.590. The van der Waals surface area contributed by atoms with Crippen molar-refractivity contribution in [1.29, 1.82) is 0 Å². The topological polar surface area (TPSA) is 80.4 Å². The van der Waals surface area contributed by atoms with E-state index in [1.54, 1.807) is 31.2 Å². The summed E-state index contributed by atoms with van der Waals surface area (Å²) >= 11 is 3.01. The number of anilines is 1. The van der Waals surface area contributed by atoms with Crippen LogP contribution >= 0.6 is 15.9 Å². The molecule has 1 rings (SSSR count). The van der Waals surface area contributed by atoms with Crippen LogP contribution in [-0.2, 0) is 9.84 Å². The Bertz CT molecular complexity index is 444. The smallest absolute Gasteiger partial charge is 0.165 e. The Labute approximate surface area is 104 Å². The Kier molecular flexibility index (Phi) is 4.35. The van der Waals surface area contributed by atoms with Gasteiger partial charge in [-0.05, 0) is 17.7 Å². The van der Waals surface area contributed by atoms with E-state index in [0.29, 0.717) is 11.3 Å². The highest BCUT2D eigenvalue weighted by Gasteiger charge is 2.29. The molecule has 0 aliphatic heterocycles. The van der Waals surface area contributed by atoms with Crippen molar-refractivity contribution >= 4 is 31.5 Å². The van der Waals surface area contributed by atoms with Crippen molar-refractivity contribution in [3.63, 3.8) is 0 Å². The van der Waals surface area contributed by atoms with Crippen LogP contribution in [0.1, 0.15) is 18.6 Å². The summed E-state index contributed by atoms with van der Waals surface area (Å²) in [5, 5.41) is 9.88. The van der Waals surface area contributed by atoms with Crippen molar-refractivity contribution < 1.29 is 13.5 Å². The molecule has 0 unspecified atom stereocenters. The number of sulfone groups is 1. The van der Waals surface area contributed by atoms with Crippen LogP contribution in [0.5, 0.6) is 0 Å². The molecular weight excluding hydrogens is 294 g/mol. The van der Waals surface area contributed by atoms with Gasteiger partial charge in [-0.1, -0.05) is 35.0 Å². The van der Waals surface area contributed by atoms with Gasteiger partial charge in [-0.25, -0.2) is 8.42 Å². The molecule has 3 N–H and O–H groups in total. The molecule has 0 spiro atoms. The fourth-order valence-corrected chi connectivity index (χ4v) is 3.17. The summed E-state index contributed by atoms with van der Waals surface area (Å²) in [6.07, 6.45) is -1.09. The largest absolute Gasteiger partial charge is 0.399 e. The molecule has 0 amide bonds. The molecule has 0 aliphatic rings. The van der Waals surface area contributed by atoms with Crippen LogP contribution in [-0.4, -0.2) is 23.4 Å². The van der Waals surface area contributed by atoms with Crippen LogP contribution in [0.3, 0.4) is 0 Å². The second-order valence-electron chi connectivity index (χ2n) is 3.41. The molecule has 1 aromatic rings. The van der Waals surface area contributed by atoms with E-state index in [4.69, 9.17) is 5.73 Å². The number of aliphatic hydroxyl groups is 1. The first-order valence-corrected chi connectivity index (χ1v) is 7.40. The number of alkyl halides is 1. The summed E-state index contributed by atoms with van der Waals surface area (Å²) in [6, 6.07) is 6.46. The van der Waals surface area contributed by atoms with Crippen molar-refractivity contribution in [1.82, 2.24) is 0 Å². The molecule has 0 aromatic heterocycles. The summed E-state index contributed by atoms with van der Waals surface area (Å²) in [5.74, 6) is -0.0189. The lowest BCUT2D eigenvalue weighted by molar-refractivity contribution is 0.195. The molecule has 6 heteroatoms. The van der Waals surface area contributed by atoms with E-state index in [1.807, 2.05) is 0 Å². The van der Waals surface area contributed by atoms with E-state index >= 15 is 0 Å². The second kappa shape index (κ2) is 5.16. The lowest BCUT2D eigenvalue weighted by Gasteiger charge is -2.17. The Morgan fingerprint density at radius 1 is 1.38 bits per heavy atom. The molecule has 0 aliphatic carbocycles. The molecule has 90 valence electrons. The quantitative estimate of drug-likeness (QED) is 0.652. The van der Waals surface area contributed by atoms with E-state index in [-0.39, 0.29) is 5.75 Å². The van der Waals surface area contributed by atoms with Crippen molar-refractivity contribution in [2.24, 2.45) is 0 Å². The minimum atomic E-state index is -3.32. The predicted molar refractivity (Wildman–Crippen MR) is 68.0 cm³/mol. The van der Waals surface area contributed by atoms with Crippen LogP contribution in [0.4, 0.5) is 5.69 Å². The second-order valence-corrected chi connectivity index (χ2v) is 7.42. The number of benzene rings is 1. The minimum Gasteiger partial charge on any atom is -0.399 e. The van der Waals surface area contributed by atoms with Gasteiger partial charge in [0.05, 0.1) is 0 Å². The molecule has 16 heavy (non-hydrogen) atoms. The molecule has 4 nitrogen and oxygen atoms in total. The van der Waals surface area contributed by atoms with Crippen LogP contribution < -0.4 is 5.73 Å². The Morgan fingerprint density at radius 3 is 2.31 bits per heavy atom. The minimum absolute atomic E-state index is 0.0189. The molecular formula is C10H14BrNO3S. The predicted octanol–water partition coefficient (Wildman–Crippen LogP) is 1.46. The van der Waals surface area contributed by atoms with Crippen LogP contribution in [0.2, 0.25) is 0 Å². The fraction of sp³-hybridized carbons (Fsp3) is 0.400. The third-order valence-electron chi connectivity index (χ3n) is 2.27. The summed E-state index contributed by atoms with van der Waals surface area (Å²) < 4.78 is 22.1. The van der Waals surface area contributed by atoms with Crippen molar-refractivity contribution in [2.75, 3.05) is 11.5 Å². The number of halogens is 1. The van der Waals surface area contributed by atoms with E-state index in [1.165, 1.54) is 0 Å². The molecule has 0 bridgehead atoms. The van der Waals surface area contributed by atoms with Gasteiger partial charge in [-0.2, -0.15) is 0 Å². The first-order chi connectivity index (χ1) is 7.38. The Balaban J connectivity index is 2.94. The third-order valence-corrected chi connectivity index (χ3v) is 6.23. The van der Waals surface area contributed by atoms with Crippen LogP contribution in [0, 0.1) is 0 Å². The molecule has 0 saturated carbocycles. The van der Waals surface area contributed by atoms with E-state index in [2.05, 4.69) is 15.9 Å². The molecule has 0 radical (unpaired) electrons. The lowest BCUT2D eigenvalue weighted by Crippen LogP contribution is -2.24. The summed E-state index contributed by atoms with van der Waals surface area (Å²) in [4.78, 5) is 0. The highest BCUT2D eigenvalue weighted by molar-refractivity contribution is 9.11. The van der Waals surface area contributed by atoms with Gasteiger partial charge >= 0.3 is 0 Å². The molecule has 0 saturated heterocycles. The first-order valence-electron chi connectivity index (χ1n) is 4.77. The fourth-order valence-electron chi connectivity index (χ4n) is 1.20. The van der Waals surface area contributed by atoms with Gasteiger partial charge in [0.1, 0.15) is 10.3 Å². The number of hydrogen-bond donors (Lipinski definition) is 2. The summed E-state index contributed by atoms with van der Waals surface area (Å²) in [6.45, 7) is 1.54. The van der Waals surface area contributed by atoms with E-state index < -0.39 is 20.1 Å². The van der Waals surface area contributed by atoms with E-state index in [0.717, 1.165) is 0 Å². The summed E-state index contributed by atoms with van der Waals surface area (Å²) in [7, 11) is -3.32. The number of hydrogen-bond acceptors (Lipinski definition) is 4. The maximum atomic E-state index is 11.5. The van der Waals surface area contributed by atoms with Crippen molar-refractivity contribution in [2.45, 2.75) is 17.2 Å². The standard InChI is InChI=1S/C10H14BrNO3S/c1-2-16(14,15)10(11)9(13)7-3-5-8(12)6-4-7/h3-6,9-10,13H,2,12H2,1H3/t9-,10-/m1/s1. The Morgan fingerprint density at radius 2 is 1.88 bits per heavy atom. The number of nitrogens with two attached hydrogens (primary N) is 1. The van der Waals surface area contributed by atoms with Gasteiger partial charge in [-0.15, -0.1) is 0 Å². The van der Waals surface area contributed by atoms with Gasteiger partial charge in [0, 0.05) is 11.4 Å². The van der Waals surface area contributed by atoms with Gasteiger partial charge < -0.3 is 10.8 Å². The highest BCUT2D eigenvalue weighted by atomic mass is 79.9. The monoisotopic (exact) mass is 307 g/mol. The van der Waals surface area contributed by atoms with Gasteiger partial charge in [0.2, 0.25) is 0 Å². The molecule has 0 heterocycles. The van der Waals surface area contributed by atoms with Crippen LogP contribution in [0.15, 0.2) is 24.3 Å². The van der Waals surface area contributed by atoms with Crippen molar-refractivity contribution in [3.8, 4) is 0 Å². The third kappa shape index (κ3) is 2.96. The maximum Gasteiger partial charge on any atom is 0.165 e.